The fourth-order valence-corrected chi connectivity index (χ4v) is 5.09. The van der Waals surface area contributed by atoms with Crippen LogP contribution < -0.4 is 10.1 Å². The number of halogens is 4. The molecule has 0 saturated heterocycles. The Morgan fingerprint density at radius 2 is 1.78 bits per heavy atom. The second-order valence-corrected chi connectivity index (χ2v) is 9.72. The molecule has 3 atom stereocenters. The van der Waals surface area contributed by atoms with Crippen molar-refractivity contribution in [3.05, 3.63) is 100 Å². The summed E-state index contributed by atoms with van der Waals surface area (Å²) in [6, 6.07) is 20.8. The zero-order valence-electron chi connectivity index (χ0n) is 20.0. The van der Waals surface area contributed by atoms with E-state index in [4.69, 9.17) is 16.3 Å². The van der Waals surface area contributed by atoms with E-state index in [1.54, 1.807) is 0 Å². The van der Waals surface area contributed by atoms with Crippen molar-refractivity contribution in [3.63, 3.8) is 0 Å². The average molecular weight is 516 g/mol. The molecule has 1 aliphatic rings. The lowest BCUT2D eigenvalue weighted by atomic mass is 9.74. The SMILES string of the molecule is C[C@H](NC(=O)C1CCCCC1c1cccc(COc2ccc(C(F)(F)F)cc2Cl)c1)c1ccccc1. The van der Waals surface area contributed by atoms with Gasteiger partial charge in [0.1, 0.15) is 12.4 Å². The van der Waals surface area contributed by atoms with Crippen LogP contribution in [0.3, 0.4) is 0 Å². The predicted molar refractivity (Wildman–Crippen MR) is 135 cm³/mol. The van der Waals surface area contributed by atoms with Crippen molar-refractivity contribution in [1.29, 1.82) is 0 Å². The maximum absolute atomic E-state index is 13.3. The van der Waals surface area contributed by atoms with Crippen molar-refractivity contribution in [1.82, 2.24) is 5.32 Å². The van der Waals surface area contributed by atoms with Gasteiger partial charge in [-0.2, -0.15) is 13.2 Å². The standard InChI is InChI=1S/C29H29ClF3NO2/c1-19(21-9-3-2-4-10-21)34-28(35)25-13-6-5-12-24(25)22-11-7-8-20(16-22)18-36-27-15-14-23(17-26(27)30)29(31,32)33/h2-4,7-11,14-17,19,24-25H,5-6,12-13,18H2,1H3,(H,34,35)/t19-,24?,25?/m0/s1. The highest BCUT2D eigenvalue weighted by molar-refractivity contribution is 6.32. The molecule has 0 spiro atoms. The number of rotatable bonds is 7. The first-order chi connectivity index (χ1) is 17.2. The van der Waals surface area contributed by atoms with E-state index in [2.05, 4.69) is 5.32 Å². The van der Waals surface area contributed by atoms with Gasteiger partial charge in [0.05, 0.1) is 16.6 Å². The second kappa shape index (κ2) is 11.4. The van der Waals surface area contributed by atoms with Crippen LogP contribution in [0.15, 0.2) is 72.8 Å². The number of nitrogens with one attached hydrogen (secondary N) is 1. The topological polar surface area (TPSA) is 38.3 Å². The quantitative estimate of drug-likeness (QED) is 0.345. The molecule has 3 nitrogen and oxygen atoms in total. The molecule has 7 heteroatoms. The smallest absolute Gasteiger partial charge is 0.416 e. The molecular formula is C29H29ClF3NO2. The summed E-state index contributed by atoms with van der Waals surface area (Å²) in [7, 11) is 0. The van der Waals surface area contributed by atoms with E-state index in [-0.39, 0.29) is 41.2 Å². The first kappa shape index (κ1) is 26.1. The van der Waals surface area contributed by atoms with E-state index in [1.165, 1.54) is 6.07 Å². The number of ether oxygens (including phenoxy) is 1. The third kappa shape index (κ3) is 6.41. The molecule has 1 amide bonds. The van der Waals surface area contributed by atoms with Crippen LogP contribution in [0.2, 0.25) is 5.02 Å². The Labute approximate surface area is 214 Å². The van der Waals surface area contributed by atoms with Gasteiger partial charge in [-0.05, 0) is 60.6 Å². The summed E-state index contributed by atoms with van der Waals surface area (Å²) < 4.78 is 44.4. The molecule has 0 heterocycles. The number of hydrogen-bond acceptors (Lipinski definition) is 2. The van der Waals surface area contributed by atoms with Crippen LogP contribution in [0.5, 0.6) is 5.75 Å². The van der Waals surface area contributed by atoms with Gasteiger partial charge in [-0.25, -0.2) is 0 Å². The molecule has 1 fully saturated rings. The Bertz CT molecular complexity index is 1180. The molecular weight excluding hydrogens is 487 g/mol. The number of amides is 1. The maximum atomic E-state index is 13.3. The molecule has 36 heavy (non-hydrogen) atoms. The molecule has 1 N–H and O–H groups in total. The molecule has 190 valence electrons. The van der Waals surface area contributed by atoms with E-state index >= 15 is 0 Å². The van der Waals surface area contributed by atoms with Crippen LogP contribution in [0, 0.1) is 5.92 Å². The fraction of sp³-hybridized carbons (Fsp3) is 0.345. The van der Waals surface area contributed by atoms with Crippen LogP contribution in [0.25, 0.3) is 0 Å². The molecule has 0 aliphatic heterocycles. The maximum Gasteiger partial charge on any atom is 0.416 e. The third-order valence-electron chi connectivity index (χ3n) is 6.79. The number of carbonyl (C=O) groups excluding carboxylic acids is 1. The fourth-order valence-electron chi connectivity index (χ4n) is 4.86. The van der Waals surface area contributed by atoms with Crippen molar-refractivity contribution in [3.8, 4) is 5.75 Å². The average Bonchev–Trinajstić information content (AvgIpc) is 2.88. The Balaban J connectivity index is 1.44. The summed E-state index contributed by atoms with van der Waals surface area (Å²) in [4.78, 5) is 13.3. The third-order valence-corrected chi connectivity index (χ3v) is 7.09. The number of carbonyl (C=O) groups is 1. The van der Waals surface area contributed by atoms with Crippen molar-refractivity contribution in [2.24, 2.45) is 5.92 Å². The molecule has 0 aromatic heterocycles. The summed E-state index contributed by atoms with van der Waals surface area (Å²) >= 11 is 6.02. The Hall–Kier alpha value is -2.99. The van der Waals surface area contributed by atoms with E-state index in [1.807, 2.05) is 61.5 Å². The molecule has 3 aromatic rings. The monoisotopic (exact) mass is 515 g/mol. The summed E-state index contributed by atoms with van der Waals surface area (Å²) in [5, 5.41) is 3.10. The largest absolute Gasteiger partial charge is 0.487 e. The minimum atomic E-state index is -4.46. The molecule has 1 aliphatic carbocycles. The van der Waals surface area contributed by atoms with Crippen LogP contribution in [-0.2, 0) is 17.6 Å². The highest BCUT2D eigenvalue weighted by Crippen LogP contribution is 2.39. The van der Waals surface area contributed by atoms with Gasteiger partial charge in [-0.1, -0.05) is 79.0 Å². The van der Waals surface area contributed by atoms with Gasteiger partial charge < -0.3 is 10.1 Å². The minimum Gasteiger partial charge on any atom is -0.487 e. The van der Waals surface area contributed by atoms with Gasteiger partial charge in [0.25, 0.3) is 0 Å². The normalized spacial score (nSPS) is 18.9. The van der Waals surface area contributed by atoms with E-state index in [0.717, 1.165) is 54.5 Å². The molecule has 2 unspecified atom stereocenters. The number of benzene rings is 3. The van der Waals surface area contributed by atoms with E-state index in [9.17, 15) is 18.0 Å². The van der Waals surface area contributed by atoms with Gasteiger partial charge in [0, 0.05) is 5.92 Å². The van der Waals surface area contributed by atoms with Crippen molar-refractivity contribution < 1.29 is 22.7 Å². The minimum absolute atomic E-state index is 0.0641. The van der Waals surface area contributed by atoms with Gasteiger partial charge in [0.15, 0.2) is 0 Å². The zero-order chi connectivity index (χ0) is 25.7. The second-order valence-electron chi connectivity index (χ2n) is 9.32. The Morgan fingerprint density at radius 3 is 2.50 bits per heavy atom. The van der Waals surface area contributed by atoms with Crippen molar-refractivity contribution >= 4 is 17.5 Å². The highest BCUT2D eigenvalue weighted by Gasteiger charge is 2.33. The Morgan fingerprint density at radius 1 is 1.03 bits per heavy atom. The van der Waals surface area contributed by atoms with Gasteiger partial charge in [-0.3, -0.25) is 4.79 Å². The van der Waals surface area contributed by atoms with Crippen LogP contribution in [-0.4, -0.2) is 5.91 Å². The van der Waals surface area contributed by atoms with Gasteiger partial charge in [0.2, 0.25) is 5.91 Å². The Kier molecular flexibility index (Phi) is 8.24. The molecule has 4 rings (SSSR count). The van der Waals surface area contributed by atoms with Gasteiger partial charge >= 0.3 is 6.18 Å². The van der Waals surface area contributed by atoms with Crippen LogP contribution in [0.1, 0.15) is 66.8 Å². The van der Waals surface area contributed by atoms with E-state index in [0.29, 0.717) is 0 Å². The first-order valence-corrected chi connectivity index (χ1v) is 12.5. The lowest BCUT2D eigenvalue weighted by Crippen LogP contribution is -2.37. The van der Waals surface area contributed by atoms with Crippen LogP contribution >= 0.6 is 11.6 Å². The molecule has 1 saturated carbocycles. The zero-order valence-corrected chi connectivity index (χ0v) is 20.8. The summed E-state index contributed by atoms with van der Waals surface area (Å²) in [6.07, 6.45) is -0.626. The summed E-state index contributed by atoms with van der Waals surface area (Å²) in [6.45, 7) is 2.16. The molecule has 3 aromatic carbocycles. The summed E-state index contributed by atoms with van der Waals surface area (Å²) in [5.41, 5.74) is 2.19. The first-order valence-electron chi connectivity index (χ1n) is 12.2. The predicted octanol–water partition coefficient (Wildman–Crippen LogP) is 8.09. The highest BCUT2D eigenvalue weighted by atomic mass is 35.5. The van der Waals surface area contributed by atoms with Crippen molar-refractivity contribution in [2.45, 2.75) is 57.3 Å². The summed E-state index contributed by atoms with van der Waals surface area (Å²) in [5.74, 6) is 0.232. The van der Waals surface area contributed by atoms with Gasteiger partial charge in [-0.15, -0.1) is 0 Å². The van der Waals surface area contributed by atoms with E-state index < -0.39 is 11.7 Å². The number of hydrogen-bond donors (Lipinski definition) is 1. The van der Waals surface area contributed by atoms with Crippen molar-refractivity contribution in [2.75, 3.05) is 0 Å². The lowest BCUT2D eigenvalue weighted by Gasteiger charge is -2.32. The molecule has 0 bridgehead atoms. The number of alkyl halides is 3. The molecule has 0 radical (unpaired) electrons. The van der Waals surface area contributed by atoms with Crippen LogP contribution in [0.4, 0.5) is 13.2 Å². The lowest BCUT2D eigenvalue weighted by molar-refractivity contribution is -0.137.